The summed E-state index contributed by atoms with van der Waals surface area (Å²) in [7, 11) is 3.56. The Morgan fingerprint density at radius 3 is 2.59 bits per heavy atom. The molecule has 0 spiro atoms. The summed E-state index contributed by atoms with van der Waals surface area (Å²) < 4.78 is 15.5. The summed E-state index contributed by atoms with van der Waals surface area (Å²) >= 11 is 1.48. The second-order valence-electron chi connectivity index (χ2n) is 9.01. The van der Waals surface area contributed by atoms with Crippen molar-refractivity contribution >= 4 is 29.6 Å². The number of methoxy groups -OCH3 is 1. The van der Waals surface area contributed by atoms with Crippen molar-refractivity contribution in [2.24, 2.45) is 0 Å². The summed E-state index contributed by atoms with van der Waals surface area (Å²) in [5.74, 6) is 1.58. The van der Waals surface area contributed by atoms with Gasteiger partial charge >= 0.3 is 0 Å². The molecule has 1 heterocycles. The van der Waals surface area contributed by atoms with Gasteiger partial charge in [0.2, 0.25) is 0 Å². The second kappa shape index (κ2) is 11.3. The first-order valence-corrected chi connectivity index (χ1v) is 12.8. The van der Waals surface area contributed by atoms with Crippen molar-refractivity contribution in [1.82, 2.24) is 4.90 Å². The summed E-state index contributed by atoms with van der Waals surface area (Å²) in [5.41, 5.74) is 2.33. The molecule has 3 N–H and O–H groups in total. The number of aliphatic hydroxyl groups is 1. The molecule has 0 radical (unpaired) electrons. The monoisotopic (exact) mass is 485 g/mol. The van der Waals surface area contributed by atoms with Gasteiger partial charge in [0.15, 0.2) is 0 Å². The number of aldehydes is 1. The molecule has 7 nitrogen and oxygen atoms in total. The van der Waals surface area contributed by atoms with Crippen molar-refractivity contribution < 1.29 is 19.4 Å². The first-order valence-electron chi connectivity index (χ1n) is 12.0. The van der Waals surface area contributed by atoms with Crippen molar-refractivity contribution in [3.63, 3.8) is 0 Å². The third-order valence-electron chi connectivity index (χ3n) is 6.95. The SMILES string of the molecule is CNc1c(OC2CCN(CCO)CC2)cc(NSc2ccccc2OC)cc1C1(C=O)CCC1. The molecule has 0 aromatic heterocycles. The van der Waals surface area contributed by atoms with E-state index in [-0.39, 0.29) is 12.7 Å². The number of rotatable bonds is 11. The molecule has 0 atom stereocenters. The van der Waals surface area contributed by atoms with Crippen molar-refractivity contribution in [2.45, 2.75) is 48.5 Å². The first kappa shape index (κ1) is 24.7. The van der Waals surface area contributed by atoms with Crippen molar-refractivity contribution in [3.05, 3.63) is 42.0 Å². The number of likely N-dealkylation sites (tertiary alicyclic amines) is 1. The number of para-hydroxylation sites is 1. The van der Waals surface area contributed by atoms with Gasteiger partial charge in [-0.1, -0.05) is 18.6 Å². The van der Waals surface area contributed by atoms with Gasteiger partial charge in [-0.2, -0.15) is 0 Å². The highest BCUT2D eigenvalue weighted by Crippen LogP contribution is 2.49. The summed E-state index contributed by atoms with van der Waals surface area (Å²) in [6, 6.07) is 12.0. The number of carbonyl (C=O) groups is 1. The number of piperidine rings is 1. The Bertz CT molecular complexity index is 975. The van der Waals surface area contributed by atoms with E-state index in [0.29, 0.717) is 6.54 Å². The Morgan fingerprint density at radius 2 is 1.97 bits per heavy atom. The van der Waals surface area contributed by atoms with Crippen LogP contribution >= 0.6 is 11.9 Å². The average molecular weight is 486 g/mol. The lowest BCUT2D eigenvalue weighted by Gasteiger charge is -2.39. The van der Waals surface area contributed by atoms with E-state index < -0.39 is 5.41 Å². The van der Waals surface area contributed by atoms with Crippen LogP contribution in [-0.2, 0) is 10.2 Å². The summed E-state index contributed by atoms with van der Waals surface area (Å²) in [6.45, 7) is 2.71. The fourth-order valence-electron chi connectivity index (χ4n) is 4.81. The lowest BCUT2D eigenvalue weighted by molar-refractivity contribution is -0.115. The van der Waals surface area contributed by atoms with Crippen molar-refractivity contribution in [3.8, 4) is 11.5 Å². The predicted molar refractivity (Wildman–Crippen MR) is 137 cm³/mol. The van der Waals surface area contributed by atoms with Gasteiger partial charge in [0.25, 0.3) is 0 Å². The summed E-state index contributed by atoms with van der Waals surface area (Å²) in [5, 5.41) is 12.5. The Labute approximate surface area is 206 Å². The Balaban J connectivity index is 1.60. The molecule has 0 bridgehead atoms. The largest absolute Gasteiger partial charge is 0.496 e. The number of β-amino-alcohol motifs (C(OH)–C–C–N with tert-alkyl or cyclic N) is 1. The van der Waals surface area contributed by atoms with E-state index >= 15 is 0 Å². The zero-order chi connectivity index (χ0) is 24.0. The van der Waals surface area contributed by atoms with E-state index in [1.165, 1.54) is 11.9 Å². The fraction of sp³-hybridized carbons (Fsp3) is 0.500. The molecular weight excluding hydrogens is 450 g/mol. The third-order valence-corrected chi connectivity index (χ3v) is 7.85. The van der Waals surface area contributed by atoms with Gasteiger partial charge < -0.3 is 34.3 Å². The van der Waals surface area contributed by atoms with E-state index in [1.807, 2.05) is 37.4 Å². The van der Waals surface area contributed by atoms with Crippen LogP contribution < -0.4 is 19.5 Å². The zero-order valence-electron chi connectivity index (χ0n) is 20.0. The van der Waals surface area contributed by atoms with E-state index in [1.54, 1.807) is 7.11 Å². The van der Waals surface area contributed by atoms with Gasteiger partial charge in [0.05, 0.1) is 29.7 Å². The number of nitrogens with one attached hydrogen (secondary N) is 2. The summed E-state index contributed by atoms with van der Waals surface area (Å²) in [6.07, 6.45) is 5.78. The van der Waals surface area contributed by atoms with Crippen LogP contribution in [0.15, 0.2) is 41.3 Å². The van der Waals surface area contributed by atoms with Crippen LogP contribution in [0.25, 0.3) is 0 Å². The normalized spacial score (nSPS) is 18.1. The van der Waals surface area contributed by atoms with Gasteiger partial charge in [-0.05, 0) is 61.4 Å². The summed E-state index contributed by atoms with van der Waals surface area (Å²) in [4.78, 5) is 15.5. The topological polar surface area (TPSA) is 83.1 Å². The number of hydrogen-bond donors (Lipinski definition) is 3. The number of benzene rings is 2. The highest BCUT2D eigenvalue weighted by molar-refractivity contribution is 8.00. The maximum Gasteiger partial charge on any atom is 0.145 e. The molecule has 1 saturated heterocycles. The number of nitrogens with zero attached hydrogens (tertiary/aromatic N) is 1. The number of aliphatic hydroxyl groups excluding tert-OH is 1. The molecule has 2 fully saturated rings. The second-order valence-corrected chi connectivity index (χ2v) is 9.86. The molecule has 2 aliphatic rings. The minimum atomic E-state index is -0.465. The van der Waals surface area contributed by atoms with E-state index in [0.717, 1.165) is 84.8 Å². The maximum absolute atomic E-state index is 12.2. The van der Waals surface area contributed by atoms with Crippen LogP contribution in [0.4, 0.5) is 11.4 Å². The van der Waals surface area contributed by atoms with Crippen LogP contribution in [0, 0.1) is 0 Å². The van der Waals surface area contributed by atoms with Crippen molar-refractivity contribution in [1.29, 1.82) is 0 Å². The average Bonchev–Trinajstić information content (AvgIpc) is 2.84. The Morgan fingerprint density at radius 1 is 1.21 bits per heavy atom. The van der Waals surface area contributed by atoms with Crippen LogP contribution in [0.2, 0.25) is 0 Å². The van der Waals surface area contributed by atoms with Gasteiger partial charge in [0.1, 0.15) is 23.9 Å². The minimum Gasteiger partial charge on any atom is -0.496 e. The minimum absolute atomic E-state index is 0.0978. The Kier molecular flexibility index (Phi) is 8.24. The lowest BCUT2D eigenvalue weighted by atomic mass is 9.65. The number of anilines is 2. The highest BCUT2D eigenvalue weighted by atomic mass is 32.2. The van der Waals surface area contributed by atoms with Crippen LogP contribution in [-0.4, -0.2) is 62.8 Å². The molecule has 34 heavy (non-hydrogen) atoms. The molecule has 0 unspecified atom stereocenters. The van der Waals surface area contributed by atoms with Gasteiger partial charge in [0, 0.05) is 38.4 Å². The Hall–Kier alpha value is -2.42. The third kappa shape index (κ3) is 5.29. The number of hydrogen-bond acceptors (Lipinski definition) is 8. The van der Waals surface area contributed by atoms with Crippen molar-refractivity contribution in [2.75, 3.05) is 50.4 Å². The molecular formula is C26H35N3O4S. The molecule has 1 aliphatic heterocycles. The fourth-order valence-corrected chi connectivity index (χ4v) is 5.56. The molecule has 1 saturated carbocycles. The van der Waals surface area contributed by atoms with Gasteiger partial charge in [-0.3, -0.25) is 0 Å². The molecule has 4 rings (SSSR count). The molecule has 2 aromatic carbocycles. The molecule has 8 heteroatoms. The van der Waals surface area contributed by atoms with E-state index in [4.69, 9.17) is 9.47 Å². The lowest BCUT2D eigenvalue weighted by Crippen LogP contribution is -2.40. The number of carbonyl (C=O) groups excluding carboxylic acids is 1. The van der Waals surface area contributed by atoms with Crippen LogP contribution in [0.3, 0.4) is 0 Å². The molecule has 0 amide bonds. The van der Waals surface area contributed by atoms with Gasteiger partial charge in [-0.25, -0.2) is 0 Å². The molecule has 2 aromatic rings. The maximum atomic E-state index is 12.2. The van der Waals surface area contributed by atoms with Crippen LogP contribution in [0.1, 0.15) is 37.7 Å². The van der Waals surface area contributed by atoms with E-state index in [2.05, 4.69) is 21.0 Å². The highest BCUT2D eigenvalue weighted by Gasteiger charge is 2.41. The smallest absolute Gasteiger partial charge is 0.145 e. The quantitative estimate of drug-likeness (QED) is 0.321. The first-order chi connectivity index (χ1) is 16.6. The predicted octanol–water partition coefficient (Wildman–Crippen LogP) is 4.31. The van der Waals surface area contributed by atoms with E-state index in [9.17, 15) is 9.90 Å². The number of ether oxygens (including phenoxy) is 2. The molecule has 184 valence electrons. The zero-order valence-corrected chi connectivity index (χ0v) is 20.8. The standard InChI is InChI=1S/C26H35N3O4S/c1-27-25-21(26(18-31)10-5-11-26)16-19(28-34-24-7-4-3-6-22(24)32-2)17-23(25)33-20-8-12-29(13-9-20)14-15-30/h3-4,6-7,16-18,20,27-28,30H,5,8-15H2,1-2H3. The molecule has 1 aliphatic carbocycles. The van der Waals surface area contributed by atoms with Gasteiger partial charge in [-0.15, -0.1) is 0 Å². The van der Waals surface area contributed by atoms with Crippen LogP contribution in [0.5, 0.6) is 11.5 Å².